The first-order valence-electron chi connectivity index (χ1n) is 7.77. The summed E-state index contributed by atoms with van der Waals surface area (Å²) in [6, 6.07) is 6.62. The van der Waals surface area contributed by atoms with Crippen LogP contribution in [-0.4, -0.2) is 16.2 Å². The van der Waals surface area contributed by atoms with Crippen LogP contribution in [0.5, 0.6) is 0 Å². The molecule has 3 rings (SSSR count). The molecule has 1 aliphatic rings. The van der Waals surface area contributed by atoms with E-state index in [0.717, 1.165) is 24.6 Å². The van der Waals surface area contributed by atoms with Crippen LogP contribution in [0, 0.1) is 13.8 Å². The van der Waals surface area contributed by atoms with Gasteiger partial charge in [0.15, 0.2) is 5.82 Å². The van der Waals surface area contributed by atoms with Crippen molar-refractivity contribution in [2.75, 3.05) is 0 Å². The number of benzene rings is 1. The molecule has 4 nitrogen and oxygen atoms in total. The molecule has 21 heavy (non-hydrogen) atoms. The zero-order valence-electron chi connectivity index (χ0n) is 12.8. The molecule has 1 fully saturated rings. The lowest BCUT2D eigenvalue weighted by molar-refractivity contribution is 0.289. The van der Waals surface area contributed by atoms with Crippen molar-refractivity contribution in [3.05, 3.63) is 46.6 Å². The lowest BCUT2D eigenvalue weighted by atomic mass is 9.85. The van der Waals surface area contributed by atoms with Crippen molar-refractivity contribution < 1.29 is 4.52 Å². The minimum atomic E-state index is 0.161. The molecule has 0 amide bonds. The Hall–Kier alpha value is -1.68. The maximum absolute atomic E-state index is 6.18. The van der Waals surface area contributed by atoms with Gasteiger partial charge in [-0.15, -0.1) is 0 Å². The highest BCUT2D eigenvalue weighted by atomic mass is 16.5. The molecule has 2 unspecified atom stereocenters. The minimum absolute atomic E-state index is 0.161. The van der Waals surface area contributed by atoms with Gasteiger partial charge in [0.2, 0.25) is 5.89 Å². The fraction of sp³-hybridized carbons (Fsp3) is 0.529. The Balaban J connectivity index is 1.74. The molecule has 1 aromatic heterocycles. The molecule has 0 aliphatic heterocycles. The molecule has 1 aromatic carbocycles. The van der Waals surface area contributed by atoms with Crippen molar-refractivity contribution >= 4 is 0 Å². The highest BCUT2D eigenvalue weighted by Gasteiger charge is 2.28. The van der Waals surface area contributed by atoms with Crippen LogP contribution in [0.25, 0.3) is 0 Å². The van der Waals surface area contributed by atoms with Crippen molar-refractivity contribution in [3.8, 4) is 0 Å². The fourth-order valence-corrected chi connectivity index (χ4v) is 3.05. The summed E-state index contributed by atoms with van der Waals surface area (Å²) in [6.45, 7) is 4.25. The molecule has 1 saturated carbocycles. The number of hydrogen-bond donors (Lipinski definition) is 1. The monoisotopic (exact) mass is 285 g/mol. The smallest absolute Gasteiger partial charge is 0.231 e. The van der Waals surface area contributed by atoms with Crippen molar-refractivity contribution in [1.82, 2.24) is 10.1 Å². The van der Waals surface area contributed by atoms with E-state index in [1.54, 1.807) is 0 Å². The van der Waals surface area contributed by atoms with Crippen molar-refractivity contribution in [1.29, 1.82) is 0 Å². The number of nitrogens with zero attached hydrogens (tertiary/aromatic N) is 2. The van der Waals surface area contributed by atoms with E-state index in [-0.39, 0.29) is 12.0 Å². The van der Waals surface area contributed by atoms with Crippen LogP contribution >= 0.6 is 0 Å². The number of nitrogens with two attached hydrogens (primary N) is 1. The topological polar surface area (TPSA) is 64.9 Å². The first-order chi connectivity index (χ1) is 10.1. The first kappa shape index (κ1) is 14.3. The molecule has 2 aromatic rings. The van der Waals surface area contributed by atoms with Gasteiger partial charge < -0.3 is 10.3 Å². The molecule has 1 aliphatic carbocycles. The van der Waals surface area contributed by atoms with Gasteiger partial charge in [-0.1, -0.05) is 36.2 Å². The average Bonchev–Trinajstić information content (AvgIpc) is 2.92. The Kier molecular flexibility index (Phi) is 4.06. The molecule has 0 radical (unpaired) electrons. The summed E-state index contributed by atoms with van der Waals surface area (Å²) in [4.78, 5) is 4.57. The van der Waals surface area contributed by atoms with Gasteiger partial charge in [0.1, 0.15) is 0 Å². The zero-order chi connectivity index (χ0) is 14.8. The van der Waals surface area contributed by atoms with Gasteiger partial charge in [-0.3, -0.25) is 0 Å². The van der Waals surface area contributed by atoms with E-state index in [1.165, 1.54) is 29.5 Å². The third kappa shape index (κ3) is 3.16. The van der Waals surface area contributed by atoms with Crippen LogP contribution < -0.4 is 5.73 Å². The lowest BCUT2D eigenvalue weighted by Crippen LogP contribution is -2.31. The maximum Gasteiger partial charge on any atom is 0.231 e. The van der Waals surface area contributed by atoms with Crippen LogP contribution in [0.2, 0.25) is 0 Å². The van der Waals surface area contributed by atoms with Crippen LogP contribution in [0.3, 0.4) is 0 Å². The molecule has 4 heteroatoms. The number of aromatic nitrogens is 2. The summed E-state index contributed by atoms with van der Waals surface area (Å²) in [5.74, 6) is 1.71. The summed E-state index contributed by atoms with van der Waals surface area (Å²) in [7, 11) is 0. The molecule has 0 bridgehead atoms. The van der Waals surface area contributed by atoms with Crippen molar-refractivity contribution in [2.45, 2.75) is 57.9 Å². The van der Waals surface area contributed by atoms with Gasteiger partial charge in [-0.2, -0.15) is 4.98 Å². The highest BCUT2D eigenvalue weighted by Crippen LogP contribution is 2.31. The second kappa shape index (κ2) is 5.98. The normalized spacial score (nSPS) is 22.4. The average molecular weight is 285 g/mol. The minimum Gasteiger partial charge on any atom is -0.339 e. The third-order valence-corrected chi connectivity index (χ3v) is 4.55. The van der Waals surface area contributed by atoms with Crippen LogP contribution in [0.4, 0.5) is 0 Å². The highest BCUT2D eigenvalue weighted by molar-refractivity contribution is 5.31. The Bertz CT molecular complexity index is 620. The largest absolute Gasteiger partial charge is 0.339 e. The predicted octanol–water partition coefficient (Wildman–Crippen LogP) is 3.26. The van der Waals surface area contributed by atoms with E-state index in [0.29, 0.717) is 6.42 Å². The van der Waals surface area contributed by atoms with E-state index in [9.17, 15) is 0 Å². The first-order valence-corrected chi connectivity index (χ1v) is 7.77. The molecular weight excluding hydrogens is 262 g/mol. The molecule has 0 spiro atoms. The van der Waals surface area contributed by atoms with Gasteiger partial charge in [-0.05, 0) is 43.4 Å². The standard InChI is InChI=1S/C17H23N3O/c1-11-7-8-13(9-12(11)2)10-16-19-17(21-20-16)14-5-3-4-6-15(14)18/h7-9,14-15H,3-6,10,18H2,1-2H3. The zero-order valence-corrected chi connectivity index (χ0v) is 12.8. The molecule has 2 atom stereocenters. The van der Waals surface area contributed by atoms with Gasteiger partial charge in [0, 0.05) is 12.5 Å². The van der Waals surface area contributed by atoms with Crippen LogP contribution in [0.1, 0.15) is 60.0 Å². The number of rotatable bonds is 3. The Morgan fingerprint density at radius 1 is 1.19 bits per heavy atom. The van der Waals surface area contributed by atoms with Crippen molar-refractivity contribution in [2.24, 2.45) is 5.73 Å². The van der Waals surface area contributed by atoms with E-state index in [2.05, 4.69) is 42.2 Å². The Morgan fingerprint density at radius 2 is 2.00 bits per heavy atom. The van der Waals surface area contributed by atoms with Gasteiger partial charge >= 0.3 is 0 Å². The molecular formula is C17H23N3O. The summed E-state index contributed by atoms with van der Waals surface area (Å²) < 4.78 is 5.46. The van der Waals surface area contributed by atoms with Gasteiger partial charge in [0.05, 0.1) is 5.92 Å². The van der Waals surface area contributed by atoms with Gasteiger partial charge in [0.25, 0.3) is 0 Å². The number of aryl methyl sites for hydroxylation is 2. The lowest BCUT2D eigenvalue weighted by Gasteiger charge is -2.25. The van der Waals surface area contributed by atoms with Crippen LogP contribution in [-0.2, 0) is 6.42 Å². The summed E-state index contributed by atoms with van der Waals surface area (Å²) in [5, 5.41) is 4.13. The third-order valence-electron chi connectivity index (χ3n) is 4.55. The Morgan fingerprint density at radius 3 is 2.76 bits per heavy atom. The fourth-order valence-electron chi connectivity index (χ4n) is 3.05. The Labute approximate surface area is 125 Å². The van der Waals surface area contributed by atoms with E-state index < -0.39 is 0 Å². The molecule has 112 valence electrons. The van der Waals surface area contributed by atoms with E-state index in [4.69, 9.17) is 10.3 Å². The molecule has 0 saturated heterocycles. The number of hydrogen-bond acceptors (Lipinski definition) is 4. The quantitative estimate of drug-likeness (QED) is 0.940. The van der Waals surface area contributed by atoms with Crippen LogP contribution in [0.15, 0.2) is 22.7 Å². The second-order valence-corrected chi connectivity index (χ2v) is 6.20. The summed E-state index contributed by atoms with van der Waals surface area (Å²) in [5.41, 5.74) is 10.0. The van der Waals surface area contributed by atoms with E-state index >= 15 is 0 Å². The summed E-state index contributed by atoms with van der Waals surface area (Å²) in [6.07, 6.45) is 5.24. The molecule has 1 heterocycles. The SMILES string of the molecule is Cc1ccc(Cc2noc(C3CCCCC3N)n2)cc1C. The second-order valence-electron chi connectivity index (χ2n) is 6.20. The maximum atomic E-state index is 6.18. The van der Waals surface area contributed by atoms with Gasteiger partial charge in [-0.25, -0.2) is 0 Å². The van der Waals surface area contributed by atoms with E-state index in [1.807, 2.05) is 0 Å². The summed E-state index contributed by atoms with van der Waals surface area (Å²) >= 11 is 0. The predicted molar refractivity (Wildman–Crippen MR) is 82.2 cm³/mol. The molecule has 2 N–H and O–H groups in total. The van der Waals surface area contributed by atoms with Crippen molar-refractivity contribution in [3.63, 3.8) is 0 Å².